The minimum Gasteiger partial charge on any atom is -0.491 e. The summed E-state index contributed by atoms with van der Waals surface area (Å²) in [6.45, 7) is 7.15. The Morgan fingerprint density at radius 1 is 1.12 bits per heavy atom. The molecule has 0 unspecified atom stereocenters. The summed E-state index contributed by atoms with van der Waals surface area (Å²) in [7, 11) is 2.04. The number of piperidine rings is 1. The Balaban J connectivity index is 1.71. The van der Waals surface area contributed by atoms with Gasteiger partial charge in [-0.25, -0.2) is 13.6 Å². The highest BCUT2D eigenvalue weighted by molar-refractivity contribution is 5.68. The first-order chi connectivity index (χ1) is 15.2. The van der Waals surface area contributed by atoms with E-state index in [1.54, 1.807) is 4.90 Å². The fraction of sp³-hybridized carbons (Fsp3) is 0.480. The molecule has 1 aliphatic rings. The summed E-state index contributed by atoms with van der Waals surface area (Å²) in [5.41, 5.74) is 1.08. The van der Waals surface area contributed by atoms with Crippen LogP contribution in [0.1, 0.15) is 43.4 Å². The molecular formula is C25H32F2N2O3. The van der Waals surface area contributed by atoms with Crippen LogP contribution in [-0.2, 0) is 17.9 Å². The number of rotatable bonds is 7. The summed E-state index contributed by atoms with van der Waals surface area (Å²) >= 11 is 0. The fourth-order valence-electron chi connectivity index (χ4n) is 3.84. The van der Waals surface area contributed by atoms with Gasteiger partial charge in [-0.05, 0) is 77.5 Å². The van der Waals surface area contributed by atoms with Crippen LogP contribution in [0.2, 0.25) is 0 Å². The standard InChI is InChI=1S/C25H32F2N2O3/c1-17(2)32-22-8-5-19(6-9-22)16-31-25(30)29(21-11-13-28(4)14-12-21)15-20-7-10-23(26)18(3)24(20)27/h5-10,17,21H,11-16H2,1-4H3. The van der Waals surface area contributed by atoms with Gasteiger partial charge in [-0.1, -0.05) is 18.2 Å². The Labute approximate surface area is 188 Å². The van der Waals surface area contributed by atoms with Crippen molar-refractivity contribution in [3.63, 3.8) is 0 Å². The van der Waals surface area contributed by atoms with Gasteiger partial charge in [0.15, 0.2) is 0 Å². The van der Waals surface area contributed by atoms with E-state index in [1.165, 1.54) is 19.1 Å². The summed E-state index contributed by atoms with van der Waals surface area (Å²) in [5.74, 6) is -0.453. The molecule has 0 N–H and O–H groups in total. The third kappa shape index (κ3) is 6.19. The third-order valence-electron chi connectivity index (χ3n) is 5.76. The summed E-state index contributed by atoms with van der Waals surface area (Å²) in [5, 5.41) is 0. The molecule has 0 bridgehead atoms. The third-order valence-corrected chi connectivity index (χ3v) is 5.76. The predicted molar refractivity (Wildman–Crippen MR) is 120 cm³/mol. The lowest BCUT2D eigenvalue weighted by Crippen LogP contribution is -2.46. The van der Waals surface area contributed by atoms with Crippen LogP contribution in [0, 0.1) is 18.6 Å². The summed E-state index contributed by atoms with van der Waals surface area (Å²) in [4.78, 5) is 16.8. The normalized spacial score (nSPS) is 15.1. The second-order valence-corrected chi connectivity index (χ2v) is 8.67. The number of carbonyl (C=O) groups is 1. The average molecular weight is 447 g/mol. The van der Waals surface area contributed by atoms with Crippen molar-refractivity contribution in [1.29, 1.82) is 0 Å². The lowest BCUT2D eigenvalue weighted by atomic mass is 10.0. The molecule has 1 amide bonds. The number of hydrogen-bond donors (Lipinski definition) is 0. The smallest absolute Gasteiger partial charge is 0.410 e. The predicted octanol–water partition coefficient (Wildman–Crippen LogP) is 5.29. The van der Waals surface area contributed by atoms with Crippen molar-refractivity contribution in [2.75, 3.05) is 20.1 Å². The maximum atomic E-state index is 14.7. The van der Waals surface area contributed by atoms with Crippen molar-refractivity contribution in [2.24, 2.45) is 0 Å². The number of halogens is 2. The number of nitrogens with zero attached hydrogens (tertiary/aromatic N) is 2. The van der Waals surface area contributed by atoms with Crippen LogP contribution in [0.4, 0.5) is 13.6 Å². The zero-order chi connectivity index (χ0) is 23.3. The topological polar surface area (TPSA) is 42.0 Å². The number of amides is 1. The molecule has 1 aliphatic heterocycles. The molecule has 5 nitrogen and oxygen atoms in total. The SMILES string of the molecule is Cc1c(F)ccc(CN(C(=O)OCc2ccc(OC(C)C)cc2)C2CCN(C)CC2)c1F. The molecule has 3 rings (SSSR count). The molecule has 32 heavy (non-hydrogen) atoms. The van der Waals surface area contributed by atoms with Gasteiger partial charge in [0.2, 0.25) is 0 Å². The van der Waals surface area contributed by atoms with Gasteiger partial charge >= 0.3 is 6.09 Å². The minimum absolute atomic E-state index is 0.0390. The van der Waals surface area contributed by atoms with Gasteiger partial charge in [-0.3, -0.25) is 0 Å². The van der Waals surface area contributed by atoms with E-state index in [1.807, 2.05) is 45.2 Å². The Morgan fingerprint density at radius 3 is 2.41 bits per heavy atom. The van der Waals surface area contributed by atoms with E-state index in [0.29, 0.717) is 0 Å². The molecule has 7 heteroatoms. The number of ether oxygens (including phenoxy) is 2. The molecule has 1 heterocycles. The molecule has 2 aromatic rings. The van der Waals surface area contributed by atoms with Gasteiger partial charge in [0, 0.05) is 17.2 Å². The van der Waals surface area contributed by atoms with Gasteiger partial charge in [0.05, 0.1) is 12.6 Å². The van der Waals surface area contributed by atoms with E-state index in [2.05, 4.69) is 4.90 Å². The Hall–Kier alpha value is -2.67. The molecule has 0 aromatic heterocycles. The Bertz CT molecular complexity index is 910. The molecule has 0 aliphatic carbocycles. The van der Waals surface area contributed by atoms with Crippen LogP contribution in [0.25, 0.3) is 0 Å². The monoisotopic (exact) mass is 446 g/mol. The molecular weight excluding hydrogens is 414 g/mol. The maximum Gasteiger partial charge on any atom is 0.410 e. The molecule has 0 saturated carbocycles. The largest absolute Gasteiger partial charge is 0.491 e. The lowest BCUT2D eigenvalue weighted by Gasteiger charge is -2.36. The van der Waals surface area contributed by atoms with Crippen molar-refractivity contribution in [3.8, 4) is 5.75 Å². The van der Waals surface area contributed by atoms with E-state index < -0.39 is 17.7 Å². The summed E-state index contributed by atoms with van der Waals surface area (Å²) < 4.78 is 39.6. The van der Waals surface area contributed by atoms with E-state index in [0.717, 1.165) is 37.2 Å². The van der Waals surface area contributed by atoms with E-state index in [-0.39, 0.29) is 36.4 Å². The van der Waals surface area contributed by atoms with Crippen LogP contribution < -0.4 is 4.74 Å². The minimum atomic E-state index is -0.614. The van der Waals surface area contributed by atoms with Crippen molar-refractivity contribution >= 4 is 6.09 Å². The van der Waals surface area contributed by atoms with Crippen molar-refractivity contribution in [2.45, 2.75) is 58.9 Å². The number of likely N-dealkylation sites (tertiary alicyclic amines) is 1. The van der Waals surface area contributed by atoms with Crippen LogP contribution in [0.15, 0.2) is 36.4 Å². The zero-order valence-electron chi connectivity index (χ0n) is 19.2. The van der Waals surface area contributed by atoms with Crippen LogP contribution in [0.5, 0.6) is 5.75 Å². The highest BCUT2D eigenvalue weighted by Crippen LogP contribution is 2.23. The number of benzene rings is 2. The van der Waals surface area contributed by atoms with Gasteiger partial charge in [0.25, 0.3) is 0 Å². The van der Waals surface area contributed by atoms with Crippen LogP contribution in [-0.4, -0.2) is 48.2 Å². The maximum absolute atomic E-state index is 14.7. The first-order valence-electron chi connectivity index (χ1n) is 11.1. The van der Waals surface area contributed by atoms with E-state index >= 15 is 0 Å². The first-order valence-corrected chi connectivity index (χ1v) is 11.1. The second-order valence-electron chi connectivity index (χ2n) is 8.67. The van der Waals surface area contributed by atoms with Crippen LogP contribution >= 0.6 is 0 Å². The molecule has 0 spiro atoms. The fourth-order valence-corrected chi connectivity index (χ4v) is 3.84. The molecule has 1 fully saturated rings. The molecule has 0 radical (unpaired) electrons. The van der Waals surface area contributed by atoms with E-state index in [9.17, 15) is 13.6 Å². The quantitative estimate of drug-likeness (QED) is 0.579. The summed E-state index contributed by atoms with van der Waals surface area (Å²) in [6.07, 6.45) is 1.13. The highest BCUT2D eigenvalue weighted by Gasteiger charge is 2.29. The molecule has 1 saturated heterocycles. The van der Waals surface area contributed by atoms with Gasteiger partial charge in [-0.2, -0.15) is 0 Å². The van der Waals surface area contributed by atoms with Gasteiger partial charge < -0.3 is 19.3 Å². The molecule has 0 atom stereocenters. The highest BCUT2D eigenvalue weighted by atomic mass is 19.1. The zero-order valence-corrected chi connectivity index (χ0v) is 19.2. The van der Waals surface area contributed by atoms with Crippen molar-refractivity contribution < 1.29 is 23.0 Å². The lowest BCUT2D eigenvalue weighted by molar-refractivity contribution is 0.0599. The summed E-state index contributed by atoms with van der Waals surface area (Å²) in [6, 6.07) is 9.98. The van der Waals surface area contributed by atoms with Crippen LogP contribution in [0.3, 0.4) is 0 Å². The Kier molecular flexibility index (Phi) is 8.07. The molecule has 174 valence electrons. The van der Waals surface area contributed by atoms with Gasteiger partial charge in [-0.15, -0.1) is 0 Å². The van der Waals surface area contributed by atoms with Crippen molar-refractivity contribution in [1.82, 2.24) is 9.80 Å². The van der Waals surface area contributed by atoms with Crippen molar-refractivity contribution in [3.05, 3.63) is 64.7 Å². The van der Waals surface area contributed by atoms with Gasteiger partial charge in [0.1, 0.15) is 24.0 Å². The average Bonchev–Trinajstić information content (AvgIpc) is 2.77. The first kappa shape index (κ1) is 24.0. The number of hydrogen-bond acceptors (Lipinski definition) is 4. The Morgan fingerprint density at radius 2 is 1.78 bits per heavy atom. The number of carbonyl (C=O) groups excluding carboxylic acids is 1. The molecule has 2 aromatic carbocycles. The second kappa shape index (κ2) is 10.8. The van der Waals surface area contributed by atoms with E-state index in [4.69, 9.17) is 9.47 Å².